The lowest BCUT2D eigenvalue weighted by molar-refractivity contribution is -0.0667. The summed E-state index contributed by atoms with van der Waals surface area (Å²) in [6.45, 7) is 2.24. The Morgan fingerprint density at radius 2 is 1.83 bits per heavy atom. The minimum absolute atomic E-state index is 0.0345. The average molecular weight is 264 g/mol. The molecule has 1 unspecified atom stereocenters. The fraction of sp³-hybridized carbons (Fsp3) is 0.533. The molecule has 3 rings (SSSR count). The summed E-state index contributed by atoms with van der Waals surface area (Å²) in [7, 11) is 0. The fourth-order valence-electron chi connectivity index (χ4n) is 3.15. The summed E-state index contributed by atoms with van der Waals surface area (Å²) in [4.78, 5) is 5.85. The molecule has 1 atom stereocenters. The molecule has 1 spiro atoms. The highest BCUT2D eigenvalue weighted by molar-refractivity contribution is 6.30. The molecule has 1 aromatic rings. The number of hydrogen-bond acceptors (Lipinski definition) is 2. The minimum Gasteiger partial charge on any atom is -0.388 e. The molecule has 1 heterocycles. The van der Waals surface area contributed by atoms with Gasteiger partial charge in [-0.05, 0) is 43.4 Å². The molecule has 0 N–H and O–H groups in total. The van der Waals surface area contributed by atoms with Gasteiger partial charge in [-0.25, -0.2) is 0 Å². The predicted molar refractivity (Wildman–Crippen MR) is 74.1 cm³/mol. The van der Waals surface area contributed by atoms with Crippen LogP contribution < -0.4 is 0 Å². The van der Waals surface area contributed by atoms with E-state index in [0.29, 0.717) is 5.92 Å². The van der Waals surface area contributed by atoms with Crippen molar-refractivity contribution < 1.29 is 4.84 Å². The first kappa shape index (κ1) is 12.0. The standard InChI is InChI=1S/C15H18ClNO/c1-11-14(12-5-7-13(16)8-6-12)17-18-15(11)9-3-2-4-10-15/h5-8,11H,2-4,9-10H2,1H3. The van der Waals surface area contributed by atoms with Crippen molar-refractivity contribution in [1.29, 1.82) is 0 Å². The van der Waals surface area contributed by atoms with E-state index in [9.17, 15) is 0 Å². The summed E-state index contributed by atoms with van der Waals surface area (Å²) in [6, 6.07) is 7.89. The summed E-state index contributed by atoms with van der Waals surface area (Å²) < 4.78 is 0. The zero-order valence-electron chi connectivity index (χ0n) is 10.7. The molecular weight excluding hydrogens is 246 g/mol. The van der Waals surface area contributed by atoms with Crippen LogP contribution in [-0.2, 0) is 4.84 Å². The zero-order valence-corrected chi connectivity index (χ0v) is 11.4. The molecule has 3 heteroatoms. The van der Waals surface area contributed by atoms with Crippen LogP contribution in [0.4, 0.5) is 0 Å². The molecule has 0 amide bonds. The molecule has 0 bridgehead atoms. The maximum atomic E-state index is 5.93. The molecule has 1 aromatic carbocycles. The van der Waals surface area contributed by atoms with Crippen molar-refractivity contribution in [2.24, 2.45) is 11.1 Å². The first-order valence-corrected chi connectivity index (χ1v) is 7.11. The zero-order chi connectivity index (χ0) is 12.6. The van der Waals surface area contributed by atoms with Gasteiger partial charge in [0.15, 0.2) is 0 Å². The number of benzene rings is 1. The Balaban J connectivity index is 1.85. The lowest BCUT2D eigenvalue weighted by Crippen LogP contribution is -2.39. The van der Waals surface area contributed by atoms with Gasteiger partial charge >= 0.3 is 0 Å². The van der Waals surface area contributed by atoms with Crippen LogP contribution in [0.1, 0.15) is 44.6 Å². The Kier molecular flexibility index (Phi) is 3.06. The first-order chi connectivity index (χ1) is 8.71. The van der Waals surface area contributed by atoms with Crippen LogP contribution in [0.15, 0.2) is 29.4 Å². The van der Waals surface area contributed by atoms with Crippen molar-refractivity contribution in [3.63, 3.8) is 0 Å². The Labute approximate surface area is 113 Å². The third kappa shape index (κ3) is 1.93. The second-order valence-electron chi connectivity index (χ2n) is 5.42. The summed E-state index contributed by atoms with van der Waals surface area (Å²) in [5.41, 5.74) is 2.18. The molecule has 18 heavy (non-hydrogen) atoms. The molecule has 96 valence electrons. The Morgan fingerprint density at radius 3 is 2.50 bits per heavy atom. The SMILES string of the molecule is CC1C(c2ccc(Cl)cc2)=NOC12CCCCC2. The maximum Gasteiger partial charge on any atom is 0.145 e. The lowest BCUT2D eigenvalue weighted by atomic mass is 9.74. The maximum absolute atomic E-state index is 5.93. The monoisotopic (exact) mass is 263 g/mol. The Morgan fingerprint density at radius 1 is 1.17 bits per heavy atom. The Hall–Kier alpha value is -1.02. The summed E-state index contributed by atoms with van der Waals surface area (Å²) in [5.74, 6) is 0.374. The van der Waals surface area contributed by atoms with Gasteiger partial charge < -0.3 is 4.84 Å². The molecule has 0 radical (unpaired) electrons. The molecule has 2 nitrogen and oxygen atoms in total. The molecule has 0 saturated heterocycles. The van der Waals surface area contributed by atoms with E-state index in [4.69, 9.17) is 16.4 Å². The van der Waals surface area contributed by atoms with Gasteiger partial charge in [-0.3, -0.25) is 0 Å². The van der Waals surface area contributed by atoms with Crippen molar-refractivity contribution in [1.82, 2.24) is 0 Å². The minimum atomic E-state index is -0.0345. The highest BCUT2D eigenvalue weighted by atomic mass is 35.5. The van der Waals surface area contributed by atoms with E-state index in [-0.39, 0.29) is 5.60 Å². The summed E-state index contributed by atoms with van der Waals surface area (Å²) in [5, 5.41) is 5.13. The van der Waals surface area contributed by atoms with E-state index in [1.807, 2.05) is 24.3 Å². The molecule has 1 aliphatic heterocycles. The number of oxime groups is 1. The topological polar surface area (TPSA) is 21.6 Å². The van der Waals surface area contributed by atoms with Gasteiger partial charge in [-0.2, -0.15) is 0 Å². The van der Waals surface area contributed by atoms with Crippen molar-refractivity contribution >= 4 is 17.3 Å². The van der Waals surface area contributed by atoms with E-state index in [2.05, 4.69) is 12.1 Å². The van der Waals surface area contributed by atoms with E-state index in [1.54, 1.807) is 0 Å². The molecule has 1 fully saturated rings. The third-order valence-electron chi connectivity index (χ3n) is 4.36. The second kappa shape index (κ2) is 4.58. The largest absolute Gasteiger partial charge is 0.388 e. The smallest absolute Gasteiger partial charge is 0.145 e. The van der Waals surface area contributed by atoms with Gasteiger partial charge in [0.2, 0.25) is 0 Å². The van der Waals surface area contributed by atoms with Gasteiger partial charge in [0.25, 0.3) is 0 Å². The highest BCUT2D eigenvalue weighted by Crippen LogP contribution is 2.43. The number of halogens is 1. The molecule has 0 aromatic heterocycles. The van der Waals surface area contributed by atoms with E-state index in [0.717, 1.165) is 29.1 Å². The number of nitrogens with zero attached hydrogens (tertiary/aromatic N) is 1. The quantitative estimate of drug-likeness (QED) is 0.735. The molecule has 2 aliphatic rings. The second-order valence-corrected chi connectivity index (χ2v) is 5.86. The normalized spacial score (nSPS) is 25.9. The average Bonchev–Trinajstić information content (AvgIpc) is 2.70. The van der Waals surface area contributed by atoms with Crippen molar-refractivity contribution in [3.05, 3.63) is 34.9 Å². The van der Waals surface area contributed by atoms with Crippen LogP contribution in [0.3, 0.4) is 0 Å². The van der Waals surface area contributed by atoms with Gasteiger partial charge in [-0.15, -0.1) is 0 Å². The van der Waals surface area contributed by atoms with Crippen LogP contribution in [0.25, 0.3) is 0 Å². The van der Waals surface area contributed by atoms with Crippen LogP contribution in [0.2, 0.25) is 5.02 Å². The fourth-order valence-corrected chi connectivity index (χ4v) is 3.27. The summed E-state index contributed by atoms with van der Waals surface area (Å²) >= 11 is 5.93. The number of hydrogen-bond donors (Lipinski definition) is 0. The molecule has 1 aliphatic carbocycles. The van der Waals surface area contributed by atoms with Crippen LogP contribution in [0, 0.1) is 5.92 Å². The van der Waals surface area contributed by atoms with Crippen LogP contribution >= 0.6 is 11.6 Å². The van der Waals surface area contributed by atoms with Gasteiger partial charge in [0, 0.05) is 10.9 Å². The Bertz CT molecular complexity index is 460. The third-order valence-corrected chi connectivity index (χ3v) is 4.62. The van der Waals surface area contributed by atoms with Gasteiger partial charge in [0.05, 0.1) is 5.71 Å². The van der Waals surface area contributed by atoms with Gasteiger partial charge in [-0.1, -0.05) is 42.2 Å². The van der Waals surface area contributed by atoms with Crippen LogP contribution in [-0.4, -0.2) is 11.3 Å². The highest BCUT2D eigenvalue weighted by Gasteiger charge is 2.46. The van der Waals surface area contributed by atoms with Crippen molar-refractivity contribution in [3.8, 4) is 0 Å². The van der Waals surface area contributed by atoms with Crippen molar-refractivity contribution in [2.45, 2.75) is 44.6 Å². The number of rotatable bonds is 1. The van der Waals surface area contributed by atoms with Crippen LogP contribution in [0.5, 0.6) is 0 Å². The van der Waals surface area contributed by atoms with E-state index >= 15 is 0 Å². The molecule has 1 saturated carbocycles. The first-order valence-electron chi connectivity index (χ1n) is 6.73. The van der Waals surface area contributed by atoms with Gasteiger partial charge in [0.1, 0.15) is 5.60 Å². The lowest BCUT2D eigenvalue weighted by Gasteiger charge is -2.34. The predicted octanol–water partition coefficient (Wildman–Crippen LogP) is 4.41. The van der Waals surface area contributed by atoms with E-state index < -0.39 is 0 Å². The van der Waals surface area contributed by atoms with E-state index in [1.165, 1.54) is 19.3 Å². The summed E-state index contributed by atoms with van der Waals surface area (Å²) in [6.07, 6.45) is 6.11. The van der Waals surface area contributed by atoms with Crippen molar-refractivity contribution in [2.75, 3.05) is 0 Å². The molecular formula is C15H18ClNO.